The third-order valence-corrected chi connectivity index (χ3v) is 4.71. The van der Waals surface area contributed by atoms with E-state index in [1.807, 2.05) is 0 Å². The van der Waals surface area contributed by atoms with E-state index in [4.69, 9.17) is 0 Å². The molecule has 0 radical (unpaired) electrons. The van der Waals surface area contributed by atoms with Crippen LogP contribution in [0, 0.1) is 0 Å². The second kappa shape index (κ2) is 2.91. The number of hydrogen-bond acceptors (Lipinski definition) is 2. The van der Waals surface area contributed by atoms with Crippen LogP contribution in [0.1, 0.15) is 46.0 Å². The van der Waals surface area contributed by atoms with Gasteiger partial charge in [-0.1, -0.05) is 19.3 Å². The van der Waals surface area contributed by atoms with Crippen LogP contribution in [0.5, 0.6) is 0 Å². The van der Waals surface area contributed by atoms with Crippen molar-refractivity contribution in [2.75, 3.05) is 6.54 Å². The molecule has 1 heterocycles. The van der Waals surface area contributed by atoms with Crippen molar-refractivity contribution in [3.8, 4) is 0 Å². The molecule has 0 aromatic carbocycles. The Morgan fingerprint density at radius 1 is 1.08 bits per heavy atom. The van der Waals surface area contributed by atoms with Crippen LogP contribution < -0.4 is 5.32 Å². The molecule has 2 aliphatic rings. The summed E-state index contributed by atoms with van der Waals surface area (Å²) in [7, 11) is 0. The fraction of sp³-hybridized carbons (Fsp3) is 1.00. The van der Waals surface area contributed by atoms with Gasteiger partial charge in [0, 0.05) is 11.3 Å². The van der Waals surface area contributed by atoms with Crippen LogP contribution in [0.3, 0.4) is 0 Å². The van der Waals surface area contributed by atoms with Crippen molar-refractivity contribution in [1.29, 1.82) is 0 Å². The molecular weight excluding hydrogens is 166 g/mol. The van der Waals surface area contributed by atoms with Crippen molar-refractivity contribution in [3.63, 3.8) is 0 Å². The Morgan fingerprint density at radius 3 is 2.25 bits per heavy atom. The van der Waals surface area contributed by atoms with Crippen LogP contribution in [-0.2, 0) is 0 Å². The minimum absolute atomic E-state index is 0.331. The summed E-state index contributed by atoms with van der Waals surface area (Å²) in [5, 5.41) is 3.62. The molecule has 1 nitrogen and oxygen atoms in total. The molecule has 1 saturated carbocycles. The fourth-order valence-electron chi connectivity index (χ4n) is 2.46. The summed E-state index contributed by atoms with van der Waals surface area (Å²) >= 11 is 2.18. The zero-order valence-corrected chi connectivity index (χ0v) is 8.97. The number of thioether (sulfide) groups is 1. The van der Waals surface area contributed by atoms with Gasteiger partial charge in [0.25, 0.3) is 0 Å². The molecule has 12 heavy (non-hydrogen) atoms. The van der Waals surface area contributed by atoms with Crippen LogP contribution >= 0.6 is 11.8 Å². The molecule has 0 aromatic heterocycles. The molecular formula is C10H19NS. The van der Waals surface area contributed by atoms with Gasteiger partial charge in [-0.2, -0.15) is 0 Å². The highest BCUT2D eigenvalue weighted by Crippen LogP contribution is 2.48. The summed E-state index contributed by atoms with van der Waals surface area (Å²) in [6.45, 7) is 5.85. The minimum atomic E-state index is 0.331. The van der Waals surface area contributed by atoms with Gasteiger partial charge in [0.15, 0.2) is 0 Å². The maximum Gasteiger partial charge on any atom is 0.0594 e. The first-order valence-electron chi connectivity index (χ1n) is 5.07. The smallest absolute Gasteiger partial charge is 0.0594 e. The first kappa shape index (κ1) is 8.89. The predicted octanol–water partition coefficient (Wildman–Crippen LogP) is 2.76. The predicted molar refractivity (Wildman–Crippen MR) is 55.5 cm³/mol. The minimum Gasteiger partial charge on any atom is -0.302 e. The zero-order valence-electron chi connectivity index (χ0n) is 8.15. The van der Waals surface area contributed by atoms with Gasteiger partial charge in [-0.05, 0) is 26.7 Å². The number of nitrogens with one attached hydrogen (secondary N) is 1. The van der Waals surface area contributed by atoms with Crippen molar-refractivity contribution in [1.82, 2.24) is 5.32 Å². The van der Waals surface area contributed by atoms with E-state index < -0.39 is 0 Å². The third-order valence-electron chi connectivity index (χ3n) is 3.07. The molecule has 0 bridgehead atoms. The highest BCUT2D eigenvalue weighted by molar-refractivity contribution is 8.02. The normalized spacial score (nSPS) is 32.5. The molecule has 2 fully saturated rings. The Kier molecular flexibility index (Phi) is 2.16. The SMILES string of the molecule is CC1(C)NCC2(CCCCC2)S1. The van der Waals surface area contributed by atoms with Gasteiger partial charge in [-0.15, -0.1) is 11.8 Å². The highest BCUT2D eigenvalue weighted by atomic mass is 32.2. The summed E-state index contributed by atoms with van der Waals surface area (Å²) in [6, 6.07) is 0. The Morgan fingerprint density at radius 2 is 1.75 bits per heavy atom. The summed E-state index contributed by atoms with van der Waals surface area (Å²) in [5.74, 6) is 0. The lowest BCUT2D eigenvalue weighted by molar-refractivity contribution is 0.391. The summed E-state index contributed by atoms with van der Waals surface area (Å²) in [4.78, 5) is 0.331. The van der Waals surface area contributed by atoms with Crippen LogP contribution in [0.4, 0.5) is 0 Å². The standard InChI is InChI=1S/C10H19NS/c1-9(2)11-8-10(12-9)6-4-3-5-7-10/h11H,3-8H2,1-2H3. The second-order valence-electron chi connectivity index (χ2n) is 4.71. The maximum atomic E-state index is 3.62. The average Bonchev–Trinajstić information content (AvgIpc) is 2.29. The highest BCUT2D eigenvalue weighted by Gasteiger charge is 2.43. The van der Waals surface area contributed by atoms with Crippen molar-refractivity contribution in [2.24, 2.45) is 0 Å². The van der Waals surface area contributed by atoms with Crippen molar-refractivity contribution in [2.45, 2.75) is 55.6 Å². The van der Waals surface area contributed by atoms with E-state index in [0.717, 1.165) is 0 Å². The molecule has 2 heteroatoms. The zero-order chi connectivity index (χ0) is 8.66. The molecule has 1 aliphatic heterocycles. The van der Waals surface area contributed by atoms with Gasteiger partial charge in [0.2, 0.25) is 0 Å². The Hall–Kier alpha value is 0.310. The van der Waals surface area contributed by atoms with Crippen LogP contribution in [0.15, 0.2) is 0 Å². The Labute approximate surface area is 79.7 Å². The van der Waals surface area contributed by atoms with Crippen LogP contribution in [0.25, 0.3) is 0 Å². The van der Waals surface area contributed by atoms with Crippen molar-refractivity contribution >= 4 is 11.8 Å². The van der Waals surface area contributed by atoms with Crippen LogP contribution in [0.2, 0.25) is 0 Å². The Balaban J connectivity index is 2.03. The van der Waals surface area contributed by atoms with E-state index in [9.17, 15) is 0 Å². The molecule has 0 unspecified atom stereocenters. The van der Waals surface area contributed by atoms with E-state index in [1.165, 1.54) is 38.6 Å². The van der Waals surface area contributed by atoms with Crippen LogP contribution in [-0.4, -0.2) is 16.2 Å². The average molecular weight is 185 g/mol. The van der Waals surface area contributed by atoms with E-state index in [0.29, 0.717) is 9.62 Å². The lowest BCUT2D eigenvalue weighted by Crippen LogP contribution is -2.33. The Bertz CT molecular complexity index is 171. The molecule has 1 saturated heterocycles. The number of rotatable bonds is 0. The first-order chi connectivity index (χ1) is 5.62. The van der Waals surface area contributed by atoms with Gasteiger partial charge in [0.1, 0.15) is 0 Å². The fourth-order valence-corrected chi connectivity index (χ4v) is 4.33. The van der Waals surface area contributed by atoms with Gasteiger partial charge in [-0.3, -0.25) is 0 Å². The van der Waals surface area contributed by atoms with E-state index in [-0.39, 0.29) is 0 Å². The molecule has 1 spiro atoms. The molecule has 0 aromatic rings. The quantitative estimate of drug-likeness (QED) is 0.623. The summed E-state index contributed by atoms with van der Waals surface area (Å²) in [6.07, 6.45) is 7.24. The van der Waals surface area contributed by atoms with Crippen molar-refractivity contribution < 1.29 is 0 Å². The molecule has 0 atom stereocenters. The van der Waals surface area contributed by atoms with Gasteiger partial charge in [0.05, 0.1) is 4.87 Å². The number of hydrogen-bond donors (Lipinski definition) is 1. The molecule has 2 rings (SSSR count). The van der Waals surface area contributed by atoms with Gasteiger partial charge >= 0.3 is 0 Å². The van der Waals surface area contributed by atoms with Crippen molar-refractivity contribution in [3.05, 3.63) is 0 Å². The second-order valence-corrected chi connectivity index (χ2v) is 6.80. The summed E-state index contributed by atoms with van der Waals surface area (Å²) < 4.78 is 0.613. The first-order valence-corrected chi connectivity index (χ1v) is 5.89. The lowest BCUT2D eigenvalue weighted by Gasteiger charge is -2.32. The van der Waals surface area contributed by atoms with E-state index in [2.05, 4.69) is 30.9 Å². The molecule has 0 amide bonds. The summed E-state index contributed by atoms with van der Waals surface area (Å²) in [5.41, 5.74) is 0. The topological polar surface area (TPSA) is 12.0 Å². The van der Waals surface area contributed by atoms with Gasteiger partial charge < -0.3 is 5.32 Å². The molecule has 70 valence electrons. The lowest BCUT2D eigenvalue weighted by atomic mass is 9.88. The molecule has 1 N–H and O–H groups in total. The largest absolute Gasteiger partial charge is 0.302 e. The van der Waals surface area contributed by atoms with E-state index >= 15 is 0 Å². The maximum absolute atomic E-state index is 3.62. The van der Waals surface area contributed by atoms with Gasteiger partial charge in [-0.25, -0.2) is 0 Å². The third kappa shape index (κ3) is 1.64. The molecule has 1 aliphatic carbocycles. The monoisotopic (exact) mass is 185 g/mol. The van der Waals surface area contributed by atoms with E-state index in [1.54, 1.807) is 0 Å².